The Kier molecular flexibility index (Phi) is 2.62. The van der Waals surface area contributed by atoms with Crippen LogP contribution in [0.2, 0.25) is 0 Å². The van der Waals surface area contributed by atoms with Crippen LogP contribution in [0.15, 0.2) is 6.07 Å². The van der Waals surface area contributed by atoms with Crippen LogP contribution in [0.1, 0.15) is 5.69 Å². The lowest BCUT2D eigenvalue weighted by atomic mass is 10.4. The zero-order valence-corrected chi connectivity index (χ0v) is 6.36. The summed E-state index contributed by atoms with van der Waals surface area (Å²) in [6, 6.07) is 1.73. The lowest BCUT2D eigenvalue weighted by Crippen LogP contribution is -2.21. The SMILES string of the molecule is Cc1c[c]nn1CC(O)CO. The average Bonchev–Trinajstić information content (AvgIpc) is 2.37. The number of hydrogen-bond donors (Lipinski definition) is 2. The van der Waals surface area contributed by atoms with Gasteiger partial charge in [-0.1, -0.05) is 0 Å². The van der Waals surface area contributed by atoms with Gasteiger partial charge in [0.2, 0.25) is 0 Å². The molecule has 0 amide bonds. The summed E-state index contributed by atoms with van der Waals surface area (Å²) >= 11 is 0. The van der Waals surface area contributed by atoms with E-state index < -0.39 is 6.10 Å². The molecular formula is C7H11N2O2. The Hall–Kier alpha value is -0.870. The van der Waals surface area contributed by atoms with Crippen LogP contribution < -0.4 is 0 Å². The van der Waals surface area contributed by atoms with Gasteiger partial charge in [0.25, 0.3) is 0 Å². The fraction of sp³-hybridized carbons (Fsp3) is 0.571. The minimum Gasteiger partial charge on any atom is -0.394 e. The van der Waals surface area contributed by atoms with Gasteiger partial charge in [-0.25, -0.2) is 0 Å². The van der Waals surface area contributed by atoms with Crippen molar-refractivity contribution in [3.8, 4) is 0 Å². The van der Waals surface area contributed by atoms with Crippen LogP contribution in [0.3, 0.4) is 0 Å². The van der Waals surface area contributed by atoms with Crippen molar-refractivity contribution in [3.63, 3.8) is 0 Å². The summed E-state index contributed by atoms with van der Waals surface area (Å²) in [6.07, 6.45) is 1.91. The Morgan fingerprint density at radius 1 is 1.82 bits per heavy atom. The van der Waals surface area contributed by atoms with Gasteiger partial charge in [0.1, 0.15) is 6.20 Å². The van der Waals surface area contributed by atoms with Crippen LogP contribution in [0.25, 0.3) is 0 Å². The molecule has 61 valence electrons. The maximum atomic E-state index is 9.03. The Morgan fingerprint density at radius 2 is 2.55 bits per heavy atom. The molecule has 11 heavy (non-hydrogen) atoms. The van der Waals surface area contributed by atoms with Gasteiger partial charge in [-0.2, -0.15) is 5.10 Å². The van der Waals surface area contributed by atoms with E-state index in [0.29, 0.717) is 6.54 Å². The molecule has 1 aromatic heterocycles. The summed E-state index contributed by atoms with van der Waals surface area (Å²) in [5, 5.41) is 21.4. The van der Waals surface area contributed by atoms with Crippen LogP contribution in [0.4, 0.5) is 0 Å². The minimum atomic E-state index is -0.734. The first kappa shape index (κ1) is 8.23. The Labute approximate surface area is 65.1 Å². The summed E-state index contributed by atoms with van der Waals surface area (Å²) in [7, 11) is 0. The molecule has 0 aliphatic heterocycles. The van der Waals surface area contributed by atoms with Gasteiger partial charge < -0.3 is 10.2 Å². The van der Waals surface area contributed by atoms with Crippen LogP contribution in [0, 0.1) is 13.1 Å². The van der Waals surface area contributed by atoms with E-state index in [-0.39, 0.29) is 6.61 Å². The first-order valence-corrected chi connectivity index (χ1v) is 3.43. The smallest absolute Gasteiger partial charge is 0.113 e. The normalized spacial score (nSPS) is 13.4. The Morgan fingerprint density at radius 3 is 3.00 bits per heavy atom. The fourth-order valence-electron chi connectivity index (χ4n) is 0.788. The van der Waals surface area contributed by atoms with Crippen molar-refractivity contribution >= 4 is 0 Å². The van der Waals surface area contributed by atoms with Crippen molar-refractivity contribution < 1.29 is 10.2 Å². The Bertz CT molecular complexity index is 222. The quantitative estimate of drug-likeness (QED) is 0.609. The molecule has 4 heteroatoms. The zero-order valence-electron chi connectivity index (χ0n) is 6.36. The van der Waals surface area contributed by atoms with Gasteiger partial charge in [-0.05, 0) is 13.0 Å². The molecule has 0 aliphatic rings. The van der Waals surface area contributed by atoms with Crippen LogP contribution in [-0.4, -0.2) is 32.7 Å². The van der Waals surface area contributed by atoms with Crippen molar-refractivity contribution in [2.75, 3.05) is 6.61 Å². The molecule has 0 spiro atoms. The first-order valence-electron chi connectivity index (χ1n) is 3.43. The second kappa shape index (κ2) is 3.50. The standard InChI is InChI=1S/C7H11N2O2/c1-6-2-3-8-9(6)4-7(11)5-10/h2,7,10-11H,4-5H2,1H3. The summed E-state index contributed by atoms with van der Waals surface area (Å²) in [5.74, 6) is 0. The molecule has 0 saturated carbocycles. The minimum absolute atomic E-state index is 0.237. The van der Waals surface area contributed by atoms with E-state index in [9.17, 15) is 0 Å². The number of aliphatic hydroxyl groups is 2. The van der Waals surface area contributed by atoms with Gasteiger partial charge >= 0.3 is 0 Å². The average molecular weight is 155 g/mol. The number of aryl methyl sites for hydroxylation is 1. The molecule has 1 unspecified atom stereocenters. The number of aliphatic hydroxyl groups excluding tert-OH is 2. The van der Waals surface area contributed by atoms with Crippen LogP contribution in [-0.2, 0) is 6.54 Å². The van der Waals surface area contributed by atoms with E-state index >= 15 is 0 Å². The van der Waals surface area contributed by atoms with Crippen molar-refractivity contribution in [1.82, 2.24) is 9.78 Å². The molecule has 2 N–H and O–H groups in total. The molecule has 1 radical (unpaired) electrons. The molecule has 1 aromatic rings. The molecule has 0 aromatic carbocycles. The second-order valence-electron chi connectivity index (χ2n) is 2.43. The molecule has 4 nitrogen and oxygen atoms in total. The number of rotatable bonds is 3. The molecule has 1 rings (SSSR count). The molecule has 0 aliphatic carbocycles. The molecule has 1 atom stereocenters. The van der Waals surface area contributed by atoms with Crippen molar-refractivity contribution in [1.29, 1.82) is 0 Å². The molecule has 1 heterocycles. The summed E-state index contributed by atoms with van der Waals surface area (Å²) in [6.45, 7) is 1.96. The molecule has 0 saturated heterocycles. The zero-order chi connectivity index (χ0) is 8.27. The lowest BCUT2D eigenvalue weighted by molar-refractivity contribution is 0.0777. The van der Waals surface area contributed by atoms with E-state index in [2.05, 4.69) is 11.3 Å². The highest BCUT2D eigenvalue weighted by Gasteiger charge is 2.04. The number of hydrogen-bond acceptors (Lipinski definition) is 3. The highest BCUT2D eigenvalue weighted by Crippen LogP contribution is 1.96. The monoisotopic (exact) mass is 155 g/mol. The van der Waals surface area contributed by atoms with E-state index in [1.165, 1.54) is 0 Å². The maximum absolute atomic E-state index is 9.03. The highest BCUT2D eigenvalue weighted by molar-refractivity contribution is 4.95. The van der Waals surface area contributed by atoms with Gasteiger partial charge in [0.15, 0.2) is 0 Å². The number of aromatic nitrogens is 2. The largest absolute Gasteiger partial charge is 0.394 e. The maximum Gasteiger partial charge on any atom is 0.113 e. The van der Waals surface area contributed by atoms with Crippen molar-refractivity contribution in [2.24, 2.45) is 0 Å². The predicted molar refractivity (Wildman–Crippen MR) is 38.9 cm³/mol. The van der Waals surface area contributed by atoms with Gasteiger partial charge in [0, 0.05) is 5.69 Å². The van der Waals surface area contributed by atoms with Crippen LogP contribution in [0.5, 0.6) is 0 Å². The molecule has 0 bridgehead atoms. The fourth-order valence-corrected chi connectivity index (χ4v) is 0.788. The Balaban J connectivity index is 2.56. The third kappa shape index (κ3) is 2.03. The van der Waals surface area contributed by atoms with E-state index in [1.54, 1.807) is 10.7 Å². The summed E-state index contributed by atoms with van der Waals surface area (Å²) < 4.78 is 1.60. The van der Waals surface area contributed by atoms with Gasteiger partial charge in [-0.15, -0.1) is 0 Å². The van der Waals surface area contributed by atoms with E-state index in [1.807, 2.05) is 6.92 Å². The van der Waals surface area contributed by atoms with Crippen LogP contribution >= 0.6 is 0 Å². The predicted octanol–water partition coefficient (Wildman–Crippen LogP) is -0.655. The molecule has 0 fully saturated rings. The summed E-state index contributed by atoms with van der Waals surface area (Å²) in [4.78, 5) is 0. The topological polar surface area (TPSA) is 58.3 Å². The van der Waals surface area contributed by atoms with E-state index in [0.717, 1.165) is 5.69 Å². The summed E-state index contributed by atoms with van der Waals surface area (Å²) in [5.41, 5.74) is 0.928. The third-order valence-corrected chi connectivity index (χ3v) is 1.45. The second-order valence-corrected chi connectivity index (χ2v) is 2.43. The van der Waals surface area contributed by atoms with Crippen molar-refractivity contribution in [2.45, 2.75) is 19.6 Å². The van der Waals surface area contributed by atoms with Crippen molar-refractivity contribution in [3.05, 3.63) is 18.0 Å². The van der Waals surface area contributed by atoms with E-state index in [4.69, 9.17) is 10.2 Å². The van der Waals surface area contributed by atoms with Gasteiger partial charge in [0.05, 0.1) is 19.3 Å². The van der Waals surface area contributed by atoms with Gasteiger partial charge in [-0.3, -0.25) is 4.68 Å². The lowest BCUT2D eigenvalue weighted by Gasteiger charge is -2.07. The first-order chi connectivity index (χ1) is 5.24. The molecular weight excluding hydrogens is 144 g/mol. The highest BCUT2D eigenvalue weighted by atomic mass is 16.3. The number of nitrogens with zero attached hydrogens (tertiary/aromatic N) is 2. The third-order valence-electron chi connectivity index (χ3n) is 1.45.